The molecule has 6 heteroatoms. The third kappa shape index (κ3) is 2.14. The van der Waals surface area contributed by atoms with E-state index < -0.39 is 0 Å². The summed E-state index contributed by atoms with van der Waals surface area (Å²) < 4.78 is 8.58. The third-order valence-corrected chi connectivity index (χ3v) is 2.46. The molecule has 0 bridgehead atoms. The van der Waals surface area contributed by atoms with Crippen molar-refractivity contribution in [3.63, 3.8) is 0 Å². The molecule has 1 heterocycles. The number of aromatic nitrogens is 2. The number of hydrogen-bond donors (Lipinski definition) is 0. The molecule has 2 aromatic rings. The fraction of sp³-hybridized carbons (Fsp3) is 0. The van der Waals surface area contributed by atoms with Crippen molar-refractivity contribution in [1.29, 1.82) is 5.26 Å². The molecule has 2 rings (SSSR count). The molecule has 0 atom stereocenters. The summed E-state index contributed by atoms with van der Waals surface area (Å²) in [5.41, 5.74) is 1.08. The first-order valence-corrected chi connectivity index (χ1v) is 4.82. The molecule has 0 aliphatic carbocycles. The van der Waals surface area contributed by atoms with Gasteiger partial charge in [0.05, 0.1) is 5.72 Å². The van der Waals surface area contributed by atoms with E-state index in [2.05, 4.69) is 9.36 Å². The highest BCUT2D eigenvalue weighted by Gasteiger charge is 2.04. The van der Waals surface area contributed by atoms with Gasteiger partial charge in [0.2, 0.25) is 0 Å². The van der Waals surface area contributed by atoms with Gasteiger partial charge < -0.3 is 4.74 Å². The number of hydrogen-bond acceptors (Lipinski definition) is 5. The summed E-state index contributed by atoms with van der Waals surface area (Å²) >= 11 is 1.20. The van der Waals surface area contributed by atoms with Crippen molar-refractivity contribution >= 4 is 25.1 Å². The second-order valence-corrected chi connectivity index (χ2v) is 3.43. The maximum Gasteiger partial charge on any atom is 0.292 e. The SMILES string of the molecule is [B]c1nsc(-c2cccc(OC#N)c2)n1. The summed E-state index contributed by atoms with van der Waals surface area (Å²) in [6.07, 6.45) is 1.61. The van der Waals surface area contributed by atoms with Gasteiger partial charge >= 0.3 is 0 Å². The van der Waals surface area contributed by atoms with Crippen LogP contribution >= 0.6 is 11.5 Å². The van der Waals surface area contributed by atoms with Crippen LogP contribution in [0.4, 0.5) is 0 Å². The van der Waals surface area contributed by atoms with Crippen molar-refractivity contribution in [3.8, 4) is 22.6 Å². The van der Waals surface area contributed by atoms with Crippen LogP contribution in [0.5, 0.6) is 5.75 Å². The van der Waals surface area contributed by atoms with Gasteiger partial charge in [-0.1, -0.05) is 12.1 Å². The lowest BCUT2D eigenvalue weighted by Crippen LogP contribution is -2.05. The molecular weight excluding hydrogens is 209 g/mol. The molecule has 0 saturated carbocycles. The van der Waals surface area contributed by atoms with Crippen LogP contribution in [-0.4, -0.2) is 17.2 Å². The first kappa shape index (κ1) is 9.68. The van der Waals surface area contributed by atoms with Crippen LogP contribution in [0.15, 0.2) is 24.3 Å². The van der Waals surface area contributed by atoms with E-state index in [1.165, 1.54) is 11.5 Å². The van der Waals surface area contributed by atoms with Crippen LogP contribution in [0.1, 0.15) is 0 Å². The maximum absolute atomic E-state index is 8.37. The van der Waals surface area contributed by atoms with E-state index in [-0.39, 0.29) is 5.72 Å². The molecule has 1 aromatic heterocycles. The summed E-state index contributed by atoms with van der Waals surface area (Å²) in [5, 5.41) is 9.07. The Hall–Kier alpha value is -1.87. The largest absolute Gasteiger partial charge is 0.388 e. The molecule has 0 unspecified atom stereocenters. The lowest BCUT2D eigenvalue weighted by atomic mass is 10.1. The normalized spacial score (nSPS) is 9.53. The maximum atomic E-state index is 8.37. The average molecular weight is 213 g/mol. The summed E-state index contributed by atoms with van der Waals surface area (Å²) in [6.45, 7) is 0. The van der Waals surface area contributed by atoms with E-state index in [9.17, 15) is 0 Å². The number of nitrogens with zero attached hydrogens (tertiary/aromatic N) is 3. The first-order chi connectivity index (χ1) is 7.29. The standard InChI is InChI=1S/C9H4BN3OS/c10-9-12-8(15-13-9)6-2-1-3-7(4-6)14-5-11/h1-4H. The Bertz CT molecular complexity index is 520. The fourth-order valence-electron chi connectivity index (χ4n) is 1.10. The zero-order valence-electron chi connectivity index (χ0n) is 7.54. The van der Waals surface area contributed by atoms with Crippen molar-refractivity contribution in [2.75, 3.05) is 0 Å². The van der Waals surface area contributed by atoms with Gasteiger partial charge in [-0.25, -0.2) is 4.98 Å². The average Bonchev–Trinajstić information content (AvgIpc) is 2.66. The van der Waals surface area contributed by atoms with Gasteiger partial charge in [-0.15, -0.1) is 5.26 Å². The Morgan fingerprint density at radius 3 is 3.00 bits per heavy atom. The molecule has 0 saturated heterocycles. The number of ether oxygens (including phenoxy) is 1. The van der Waals surface area contributed by atoms with Gasteiger partial charge in [0.25, 0.3) is 6.26 Å². The van der Waals surface area contributed by atoms with Gasteiger partial charge in [0.1, 0.15) is 10.8 Å². The van der Waals surface area contributed by atoms with Gasteiger partial charge in [-0.2, -0.15) is 4.37 Å². The van der Waals surface area contributed by atoms with Crippen molar-refractivity contribution in [2.24, 2.45) is 0 Å². The monoisotopic (exact) mass is 213 g/mol. The molecule has 1 aromatic carbocycles. The zero-order chi connectivity index (χ0) is 10.7. The Morgan fingerprint density at radius 2 is 2.33 bits per heavy atom. The highest BCUT2D eigenvalue weighted by Crippen LogP contribution is 2.23. The second-order valence-electron chi connectivity index (χ2n) is 2.68. The van der Waals surface area contributed by atoms with Gasteiger partial charge in [-0.05, 0) is 23.7 Å². The van der Waals surface area contributed by atoms with E-state index in [1.54, 1.807) is 24.5 Å². The summed E-state index contributed by atoms with van der Waals surface area (Å²) in [6, 6.07) is 7.03. The minimum atomic E-state index is 0.251. The van der Waals surface area contributed by atoms with E-state index >= 15 is 0 Å². The number of rotatable bonds is 2. The van der Waals surface area contributed by atoms with Crippen molar-refractivity contribution in [1.82, 2.24) is 9.36 Å². The molecular formula is C9H4BN3OS. The molecule has 0 aliphatic heterocycles. The van der Waals surface area contributed by atoms with Gasteiger partial charge in [0, 0.05) is 5.56 Å². The molecule has 0 fully saturated rings. The lowest BCUT2D eigenvalue weighted by Gasteiger charge is -1.98. The molecule has 0 N–H and O–H groups in total. The van der Waals surface area contributed by atoms with E-state index in [1.807, 2.05) is 6.07 Å². The predicted octanol–water partition coefficient (Wildman–Crippen LogP) is 0.859. The molecule has 4 nitrogen and oxygen atoms in total. The summed E-state index contributed by atoms with van der Waals surface area (Å²) in [7, 11) is 5.42. The smallest absolute Gasteiger partial charge is 0.292 e. The molecule has 15 heavy (non-hydrogen) atoms. The Balaban J connectivity index is 2.37. The van der Waals surface area contributed by atoms with Crippen molar-refractivity contribution in [2.45, 2.75) is 0 Å². The highest BCUT2D eigenvalue weighted by atomic mass is 32.1. The van der Waals surface area contributed by atoms with E-state index in [4.69, 9.17) is 17.8 Å². The molecule has 2 radical (unpaired) electrons. The Morgan fingerprint density at radius 1 is 1.47 bits per heavy atom. The van der Waals surface area contributed by atoms with Crippen LogP contribution in [-0.2, 0) is 0 Å². The van der Waals surface area contributed by atoms with Crippen LogP contribution in [0, 0.1) is 11.5 Å². The Labute approximate surface area is 91.7 Å². The minimum Gasteiger partial charge on any atom is -0.388 e. The minimum absolute atomic E-state index is 0.251. The molecule has 0 aliphatic rings. The quantitative estimate of drug-likeness (QED) is 0.548. The van der Waals surface area contributed by atoms with Crippen LogP contribution in [0.2, 0.25) is 0 Å². The topological polar surface area (TPSA) is 58.8 Å². The Kier molecular flexibility index (Phi) is 2.65. The van der Waals surface area contributed by atoms with Crippen LogP contribution in [0.25, 0.3) is 10.6 Å². The van der Waals surface area contributed by atoms with E-state index in [0.29, 0.717) is 10.8 Å². The third-order valence-electron chi connectivity index (χ3n) is 1.69. The lowest BCUT2D eigenvalue weighted by molar-refractivity contribution is 0.507. The van der Waals surface area contributed by atoms with Crippen LogP contribution in [0.3, 0.4) is 0 Å². The van der Waals surface area contributed by atoms with E-state index in [0.717, 1.165) is 5.56 Å². The molecule has 0 amide bonds. The van der Waals surface area contributed by atoms with Gasteiger partial charge in [-0.3, -0.25) is 0 Å². The molecule has 0 spiro atoms. The fourth-order valence-corrected chi connectivity index (χ4v) is 1.68. The summed E-state index contributed by atoms with van der Waals surface area (Å²) in [5.74, 6) is 0.476. The summed E-state index contributed by atoms with van der Waals surface area (Å²) in [4.78, 5) is 4.03. The second kappa shape index (κ2) is 4.11. The number of nitriles is 1. The van der Waals surface area contributed by atoms with Crippen molar-refractivity contribution in [3.05, 3.63) is 24.3 Å². The van der Waals surface area contributed by atoms with Crippen LogP contribution < -0.4 is 10.5 Å². The van der Waals surface area contributed by atoms with Crippen molar-refractivity contribution < 1.29 is 4.74 Å². The highest BCUT2D eigenvalue weighted by molar-refractivity contribution is 7.09. The zero-order valence-corrected chi connectivity index (χ0v) is 8.36. The number of benzene rings is 1. The van der Waals surface area contributed by atoms with Gasteiger partial charge in [0.15, 0.2) is 7.85 Å². The first-order valence-electron chi connectivity index (χ1n) is 4.05. The molecule has 70 valence electrons. The predicted molar refractivity (Wildman–Crippen MR) is 57.0 cm³/mol.